The van der Waals surface area contributed by atoms with Gasteiger partial charge in [-0.05, 0) is 17.7 Å². The highest BCUT2D eigenvalue weighted by atomic mass is 16.5. The van der Waals surface area contributed by atoms with Gasteiger partial charge in [-0.1, -0.05) is 54.6 Å². The fourth-order valence-corrected chi connectivity index (χ4v) is 1.86. The quantitative estimate of drug-likeness (QED) is 0.860. The second kappa shape index (κ2) is 6.57. The molecule has 3 nitrogen and oxygen atoms in total. The molecule has 2 aromatic carbocycles. The molecule has 2 rings (SSSR count). The molecular formula is C17H16O3. The number of rotatable bonds is 4. The van der Waals surface area contributed by atoms with Crippen molar-refractivity contribution in [3.05, 3.63) is 71.8 Å². The fourth-order valence-electron chi connectivity index (χ4n) is 1.86. The summed E-state index contributed by atoms with van der Waals surface area (Å²) in [5.74, 6) is -0.154. The van der Waals surface area contributed by atoms with E-state index in [1.54, 1.807) is 30.4 Å². The molecule has 0 spiro atoms. The van der Waals surface area contributed by atoms with Crippen LogP contribution in [0.25, 0.3) is 6.08 Å². The van der Waals surface area contributed by atoms with Crippen LogP contribution in [0.3, 0.4) is 0 Å². The summed E-state index contributed by atoms with van der Waals surface area (Å²) in [7, 11) is 0. The van der Waals surface area contributed by atoms with Crippen molar-refractivity contribution in [2.75, 3.05) is 0 Å². The Morgan fingerprint density at radius 1 is 1.10 bits per heavy atom. The van der Waals surface area contributed by atoms with Gasteiger partial charge in [-0.3, -0.25) is 4.79 Å². The lowest BCUT2D eigenvalue weighted by molar-refractivity contribution is -0.144. The summed E-state index contributed by atoms with van der Waals surface area (Å²) < 4.78 is 5.29. The highest BCUT2D eigenvalue weighted by Gasteiger charge is 2.10. The van der Waals surface area contributed by atoms with E-state index in [1.807, 2.05) is 36.4 Å². The van der Waals surface area contributed by atoms with Crippen molar-refractivity contribution in [3.63, 3.8) is 0 Å². The lowest BCUT2D eigenvalue weighted by Crippen LogP contribution is -2.05. The lowest BCUT2D eigenvalue weighted by atomic mass is 10.1. The van der Waals surface area contributed by atoms with Gasteiger partial charge in [0, 0.05) is 12.5 Å². The third-order valence-electron chi connectivity index (χ3n) is 2.81. The maximum absolute atomic E-state index is 11.2. The van der Waals surface area contributed by atoms with Crippen molar-refractivity contribution in [2.24, 2.45) is 0 Å². The van der Waals surface area contributed by atoms with Crippen molar-refractivity contribution >= 4 is 12.0 Å². The normalized spacial score (nSPS) is 12.2. The minimum Gasteiger partial charge on any atom is -0.507 e. The summed E-state index contributed by atoms with van der Waals surface area (Å²) in [6, 6.07) is 16.5. The maximum Gasteiger partial charge on any atom is 0.303 e. The van der Waals surface area contributed by atoms with Crippen molar-refractivity contribution in [3.8, 4) is 5.75 Å². The van der Waals surface area contributed by atoms with Crippen LogP contribution in [0.4, 0.5) is 0 Å². The summed E-state index contributed by atoms with van der Waals surface area (Å²) in [4.78, 5) is 11.2. The summed E-state index contributed by atoms with van der Waals surface area (Å²) in [5, 5.41) is 9.72. The van der Waals surface area contributed by atoms with Crippen molar-refractivity contribution < 1.29 is 14.6 Å². The third kappa shape index (κ3) is 3.72. The van der Waals surface area contributed by atoms with Gasteiger partial charge >= 0.3 is 5.97 Å². The molecule has 2 aromatic rings. The van der Waals surface area contributed by atoms with Crippen LogP contribution in [0.1, 0.15) is 24.2 Å². The first kappa shape index (κ1) is 13.9. The molecule has 1 unspecified atom stereocenters. The molecule has 102 valence electrons. The summed E-state index contributed by atoms with van der Waals surface area (Å²) in [5.41, 5.74) is 1.56. The minimum atomic E-state index is -0.465. The lowest BCUT2D eigenvalue weighted by Gasteiger charge is -2.13. The minimum absolute atomic E-state index is 0.193. The Bertz CT molecular complexity index is 603. The zero-order valence-corrected chi connectivity index (χ0v) is 11.2. The number of aromatic hydroxyl groups is 1. The highest BCUT2D eigenvalue weighted by Crippen LogP contribution is 2.23. The molecule has 3 heteroatoms. The zero-order chi connectivity index (χ0) is 14.4. The second-order valence-corrected chi connectivity index (χ2v) is 4.36. The molecule has 0 aliphatic rings. The second-order valence-electron chi connectivity index (χ2n) is 4.36. The molecule has 0 aromatic heterocycles. The number of benzene rings is 2. The molecule has 1 N–H and O–H groups in total. The molecule has 0 radical (unpaired) electrons. The van der Waals surface area contributed by atoms with Gasteiger partial charge in [-0.25, -0.2) is 0 Å². The Balaban J connectivity index is 2.25. The Morgan fingerprint density at radius 2 is 1.75 bits per heavy atom. The molecule has 0 saturated heterocycles. The van der Waals surface area contributed by atoms with Gasteiger partial charge in [-0.15, -0.1) is 0 Å². The van der Waals surface area contributed by atoms with E-state index in [9.17, 15) is 9.90 Å². The van der Waals surface area contributed by atoms with E-state index in [-0.39, 0.29) is 11.7 Å². The zero-order valence-electron chi connectivity index (χ0n) is 11.2. The first-order valence-corrected chi connectivity index (χ1v) is 6.35. The van der Waals surface area contributed by atoms with Gasteiger partial charge in [0.2, 0.25) is 0 Å². The Labute approximate surface area is 118 Å². The van der Waals surface area contributed by atoms with Crippen molar-refractivity contribution in [2.45, 2.75) is 13.0 Å². The molecule has 0 bridgehead atoms. The number of carbonyl (C=O) groups excluding carboxylic acids is 1. The summed E-state index contributed by atoms with van der Waals surface area (Å²) in [6.45, 7) is 1.38. The predicted molar refractivity (Wildman–Crippen MR) is 78.1 cm³/mol. The SMILES string of the molecule is CC(=O)OC(/C=C/c1ccccc1O)c1ccccc1. The van der Waals surface area contributed by atoms with Crippen LogP contribution in [0.5, 0.6) is 5.75 Å². The van der Waals surface area contributed by atoms with Crippen LogP contribution in [-0.2, 0) is 9.53 Å². The Hall–Kier alpha value is -2.55. The number of phenolic OH excluding ortho intramolecular Hbond substituents is 1. The summed E-state index contributed by atoms with van der Waals surface area (Å²) in [6.07, 6.45) is 3.04. The molecule has 0 aliphatic carbocycles. The van der Waals surface area contributed by atoms with Crippen LogP contribution in [0.2, 0.25) is 0 Å². The molecule has 1 atom stereocenters. The van der Waals surface area contributed by atoms with E-state index in [0.717, 1.165) is 5.56 Å². The number of para-hydroxylation sites is 1. The molecule has 0 aliphatic heterocycles. The van der Waals surface area contributed by atoms with Gasteiger partial charge in [0.15, 0.2) is 0 Å². The predicted octanol–water partition coefficient (Wildman–Crippen LogP) is 3.71. The third-order valence-corrected chi connectivity index (χ3v) is 2.81. The first-order valence-electron chi connectivity index (χ1n) is 6.35. The van der Waals surface area contributed by atoms with Gasteiger partial charge < -0.3 is 9.84 Å². The number of ether oxygens (including phenoxy) is 1. The topological polar surface area (TPSA) is 46.5 Å². The molecule has 0 fully saturated rings. The summed E-state index contributed by atoms with van der Waals surface area (Å²) >= 11 is 0. The maximum atomic E-state index is 11.2. The average Bonchev–Trinajstić information content (AvgIpc) is 2.45. The van der Waals surface area contributed by atoms with Crippen LogP contribution >= 0.6 is 0 Å². The van der Waals surface area contributed by atoms with E-state index in [4.69, 9.17) is 4.74 Å². The van der Waals surface area contributed by atoms with Gasteiger partial charge in [0.05, 0.1) is 0 Å². The standard InChI is InChI=1S/C17H16O3/c1-13(18)20-17(15-8-3-2-4-9-15)12-11-14-7-5-6-10-16(14)19/h2-12,17,19H,1H3/b12-11+. The van der Waals surface area contributed by atoms with E-state index in [1.165, 1.54) is 6.92 Å². The largest absolute Gasteiger partial charge is 0.507 e. The van der Waals surface area contributed by atoms with Crippen LogP contribution < -0.4 is 0 Å². The fraction of sp³-hybridized carbons (Fsp3) is 0.118. The molecule has 0 amide bonds. The van der Waals surface area contributed by atoms with Gasteiger partial charge in [0.25, 0.3) is 0 Å². The van der Waals surface area contributed by atoms with Crippen molar-refractivity contribution in [1.82, 2.24) is 0 Å². The molecule has 0 heterocycles. The van der Waals surface area contributed by atoms with Crippen LogP contribution in [0.15, 0.2) is 60.7 Å². The molecule has 20 heavy (non-hydrogen) atoms. The van der Waals surface area contributed by atoms with E-state index in [2.05, 4.69) is 0 Å². The number of hydrogen-bond acceptors (Lipinski definition) is 3. The van der Waals surface area contributed by atoms with E-state index in [0.29, 0.717) is 5.56 Å². The highest BCUT2D eigenvalue weighted by molar-refractivity contribution is 5.67. The van der Waals surface area contributed by atoms with E-state index >= 15 is 0 Å². The van der Waals surface area contributed by atoms with Gasteiger partial charge in [0.1, 0.15) is 11.9 Å². The number of hydrogen-bond donors (Lipinski definition) is 1. The number of carbonyl (C=O) groups is 1. The molecule has 0 saturated carbocycles. The Morgan fingerprint density at radius 3 is 2.40 bits per heavy atom. The monoisotopic (exact) mass is 268 g/mol. The smallest absolute Gasteiger partial charge is 0.303 e. The van der Waals surface area contributed by atoms with Gasteiger partial charge in [-0.2, -0.15) is 0 Å². The number of esters is 1. The van der Waals surface area contributed by atoms with Crippen LogP contribution in [-0.4, -0.2) is 11.1 Å². The van der Waals surface area contributed by atoms with E-state index < -0.39 is 6.10 Å². The average molecular weight is 268 g/mol. The van der Waals surface area contributed by atoms with Crippen LogP contribution in [0, 0.1) is 0 Å². The first-order chi connectivity index (χ1) is 9.66. The van der Waals surface area contributed by atoms with Crippen molar-refractivity contribution in [1.29, 1.82) is 0 Å². The Kier molecular flexibility index (Phi) is 4.56. The number of phenols is 1. The molecular weight excluding hydrogens is 252 g/mol.